The summed E-state index contributed by atoms with van der Waals surface area (Å²) in [5.74, 6) is -0.351. The summed E-state index contributed by atoms with van der Waals surface area (Å²) in [6.07, 6.45) is 1.77. The fourth-order valence-corrected chi connectivity index (χ4v) is 2.03. The van der Waals surface area contributed by atoms with Gasteiger partial charge in [0.05, 0.1) is 6.61 Å². The van der Waals surface area contributed by atoms with Crippen LogP contribution in [0, 0.1) is 5.82 Å². The Bertz CT molecular complexity index is 466. The fourth-order valence-electron chi connectivity index (χ4n) is 1.82. The van der Waals surface area contributed by atoms with Crippen molar-refractivity contribution in [2.45, 2.75) is 19.4 Å². The van der Waals surface area contributed by atoms with Gasteiger partial charge >= 0.3 is 0 Å². The highest BCUT2D eigenvalue weighted by Crippen LogP contribution is 2.39. The number of aliphatic hydroxyl groups is 1. The molecule has 2 nitrogen and oxygen atoms in total. The Morgan fingerprint density at radius 1 is 1.44 bits per heavy atom. The van der Waals surface area contributed by atoms with Crippen LogP contribution in [-0.2, 0) is 0 Å². The molecule has 0 amide bonds. The molecule has 4 heteroatoms. The number of hydrogen-bond acceptors (Lipinski definition) is 2. The molecule has 1 heterocycles. The molecule has 86 valence electrons. The van der Waals surface area contributed by atoms with Crippen LogP contribution in [0.3, 0.4) is 0 Å². The second-order valence-electron chi connectivity index (χ2n) is 4.30. The zero-order valence-corrected chi connectivity index (χ0v) is 9.81. The Hall–Kier alpha value is -1.06. The molecule has 1 aromatic carbocycles. The Kier molecular flexibility index (Phi) is 2.68. The number of fused-ring (bicyclic) bond motifs is 1. The van der Waals surface area contributed by atoms with Gasteiger partial charge in [0.2, 0.25) is 0 Å². The molecule has 2 rings (SSSR count). The molecule has 1 aliphatic heterocycles. The SMILES string of the molecule is CC1(C)C=C(CO)c2cc(Cl)cc(F)c2O1. The van der Waals surface area contributed by atoms with Gasteiger partial charge < -0.3 is 9.84 Å². The van der Waals surface area contributed by atoms with Crippen molar-refractivity contribution in [3.63, 3.8) is 0 Å². The third-order valence-corrected chi connectivity index (χ3v) is 2.63. The molecule has 0 aromatic heterocycles. The maximum absolute atomic E-state index is 13.7. The van der Waals surface area contributed by atoms with E-state index < -0.39 is 11.4 Å². The van der Waals surface area contributed by atoms with Gasteiger partial charge in [0.25, 0.3) is 0 Å². The van der Waals surface area contributed by atoms with E-state index in [0.717, 1.165) is 0 Å². The summed E-state index contributed by atoms with van der Waals surface area (Å²) in [7, 11) is 0. The first-order chi connectivity index (χ1) is 7.43. The van der Waals surface area contributed by atoms with Crippen LogP contribution in [0.5, 0.6) is 5.75 Å². The number of halogens is 2. The Labute approximate surface area is 98.3 Å². The van der Waals surface area contributed by atoms with Gasteiger partial charge in [-0.25, -0.2) is 4.39 Å². The summed E-state index contributed by atoms with van der Waals surface area (Å²) < 4.78 is 19.2. The third-order valence-electron chi connectivity index (χ3n) is 2.41. The summed E-state index contributed by atoms with van der Waals surface area (Å²) in [6.45, 7) is 3.44. The van der Waals surface area contributed by atoms with Crippen molar-refractivity contribution in [1.29, 1.82) is 0 Å². The highest BCUT2D eigenvalue weighted by Gasteiger charge is 2.28. The summed E-state index contributed by atoms with van der Waals surface area (Å²) in [5, 5.41) is 9.55. The quantitative estimate of drug-likeness (QED) is 0.820. The topological polar surface area (TPSA) is 29.5 Å². The lowest BCUT2D eigenvalue weighted by molar-refractivity contribution is 0.149. The van der Waals surface area contributed by atoms with Crippen LogP contribution in [0.1, 0.15) is 19.4 Å². The molecule has 0 saturated heterocycles. The van der Waals surface area contributed by atoms with Crippen LogP contribution in [0.25, 0.3) is 5.57 Å². The summed E-state index contributed by atoms with van der Waals surface area (Å²) >= 11 is 5.77. The lowest BCUT2D eigenvalue weighted by Gasteiger charge is -2.31. The third kappa shape index (κ3) is 1.93. The number of ether oxygens (including phenoxy) is 1. The first-order valence-corrected chi connectivity index (χ1v) is 5.32. The Morgan fingerprint density at radius 2 is 2.12 bits per heavy atom. The van der Waals surface area contributed by atoms with E-state index in [-0.39, 0.29) is 12.4 Å². The van der Waals surface area contributed by atoms with Crippen molar-refractivity contribution in [1.82, 2.24) is 0 Å². The lowest BCUT2D eigenvalue weighted by Crippen LogP contribution is -2.30. The van der Waals surface area contributed by atoms with E-state index in [4.69, 9.17) is 16.3 Å². The van der Waals surface area contributed by atoms with Gasteiger partial charge in [0.15, 0.2) is 11.6 Å². The number of aliphatic hydroxyl groups excluding tert-OH is 1. The maximum atomic E-state index is 13.7. The molecular weight excluding hydrogens is 231 g/mol. The van der Waals surface area contributed by atoms with Crippen LogP contribution in [0.2, 0.25) is 5.02 Å². The summed E-state index contributed by atoms with van der Waals surface area (Å²) in [4.78, 5) is 0. The molecule has 0 saturated carbocycles. The van der Waals surface area contributed by atoms with E-state index >= 15 is 0 Å². The first-order valence-electron chi connectivity index (χ1n) is 4.94. The van der Waals surface area contributed by atoms with Gasteiger partial charge in [-0.2, -0.15) is 0 Å². The monoisotopic (exact) mass is 242 g/mol. The van der Waals surface area contributed by atoms with Crippen LogP contribution in [-0.4, -0.2) is 17.3 Å². The maximum Gasteiger partial charge on any atom is 0.167 e. The predicted octanol–water partition coefficient (Wildman–Crippen LogP) is 3.03. The second kappa shape index (κ2) is 3.75. The van der Waals surface area contributed by atoms with Crippen molar-refractivity contribution in [2.24, 2.45) is 0 Å². The number of benzene rings is 1. The van der Waals surface area contributed by atoms with Gasteiger partial charge in [-0.1, -0.05) is 11.6 Å². The van der Waals surface area contributed by atoms with Gasteiger partial charge in [-0.3, -0.25) is 0 Å². The highest BCUT2D eigenvalue weighted by atomic mass is 35.5. The van der Waals surface area contributed by atoms with Gasteiger partial charge in [-0.05, 0) is 37.6 Å². The summed E-state index contributed by atoms with van der Waals surface area (Å²) in [6, 6.07) is 2.80. The molecular formula is C12H12ClFO2. The number of hydrogen-bond donors (Lipinski definition) is 1. The number of rotatable bonds is 1. The summed E-state index contributed by atoms with van der Waals surface area (Å²) in [5.41, 5.74) is 0.527. The minimum atomic E-state index is -0.625. The standard InChI is InChI=1S/C12H12ClFO2/c1-12(2)5-7(6-15)9-3-8(13)4-10(14)11(9)16-12/h3-5,15H,6H2,1-2H3. The minimum absolute atomic E-state index is 0.154. The van der Waals surface area contributed by atoms with Gasteiger partial charge in [0, 0.05) is 10.6 Å². The molecule has 1 aromatic rings. The molecule has 1 aliphatic rings. The average Bonchev–Trinajstić information content (AvgIpc) is 2.18. The molecule has 16 heavy (non-hydrogen) atoms. The smallest absolute Gasteiger partial charge is 0.167 e. The molecule has 0 fully saturated rings. The first kappa shape index (κ1) is 11.4. The predicted molar refractivity (Wildman–Crippen MR) is 61.2 cm³/mol. The van der Waals surface area contributed by atoms with Crippen molar-refractivity contribution < 1.29 is 14.2 Å². The molecule has 0 bridgehead atoms. The van der Waals surface area contributed by atoms with E-state index in [1.165, 1.54) is 6.07 Å². The molecule has 0 spiro atoms. The zero-order valence-electron chi connectivity index (χ0n) is 9.05. The average molecular weight is 243 g/mol. The van der Waals surface area contributed by atoms with Crippen molar-refractivity contribution >= 4 is 17.2 Å². The molecule has 0 unspecified atom stereocenters. The molecule has 0 aliphatic carbocycles. The molecule has 0 radical (unpaired) electrons. The van der Waals surface area contributed by atoms with E-state index in [1.807, 2.05) is 0 Å². The van der Waals surface area contributed by atoms with Crippen LogP contribution >= 0.6 is 11.6 Å². The fraction of sp³-hybridized carbons (Fsp3) is 0.333. The van der Waals surface area contributed by atoms with Crippen molar-refractivity contribution in [3.8, 4) is 5.75 Å². The van der Waals surface area contributed by atoms with Crippen LogP contribution in [0.15, 0.2) is 18.2 Å². The second-order valence-corrected chi connectivity index (χ2v) is 4.73. The Balaban J connectivity index is 2.64. The van der Waals surface area contributed by atoms with E-state index in [2.05, 4.69) is 0 Å². The lowest BCUT2D eigenvalue weighted by atomic mass is 9.95. The zero-order chi connectivity index (χ0) is 11.9. The van der Waals surface area contributed by atoms with Crippen molar-refractivity contribution in [2.75, 3.05) is 6.61 Å². The minimum Gasteiger partial charge on any atom is -0.480 e. The highest BCUT2D eigenvalue weighted by molar-refractivity contribution is 6.30. The van der Waals surface area contributed by atoms with E-state index in [1.54, 1.807) is 26.0 Å². The molecule has 1 N–H and O–H groups in total. The molecule has 0 atom stereocenters. The van der Waals surface area contributed by atoms with E-state index in [0.29, 0.717) is 16.2 Å². The Morgan fingerprint density at radius 3 is 2.75 bits per heavy atom. The van der Waals surface area contributed by atoms with Crippen LogP contribution < -0.4 is 4.74 Å². The van der Waals surface area contributed by atoms with E-state index in [9.17, 15) is 9.50 Å². The van der Waals surface area contributed by atoms with Crippen molar-refractivity contribution in [3.05, 3.63) is 34.6 Å². The van der Waals surface area contributed by atoms with Crippen LogP contribution in [0.4, 0.5) is 4.39 Å². The van der Waals surface area contributed by atoms with Gasteiger partial charge in [-0.15, -0.1) is 0 Å². The normalized spacial score (nSPS) is 17.4. The van der Waals surface area contributed by atoms with Gasteiger partial charge in [0.1, 0.15) is 5.60 Å². The largest absolute Gasteiger partial charge is 0.480 e.